The maximum absolute atomic E-state index is 12.6. The Morgan fingerprint density at radius 1 is 1.07 bits per heavy atom. The highest BCUT2D eigenvalue weighted by Gasteiger charge is 2.21. The van der Waals surface area contributed by atoms with Crippen LogP contribution in [0.25, 0.3) is 0 Å². The smallest absolute Gasteiger partial charge is 0.269 e. The van der Waals surface area contributed by atoms with Crippen molar-refractivity contribution in [3.63, 3.8) is 0 Å². The molecule has 0 radical (unpaired) electrons. The second-order valence-electron chi connectivity index (χ2n) is 7.36. The molecule has 1 aliphatic rings. The predicted octanol–water partition coefficient (Wildman–Crippen LogP) is 3.37. The number of nitrogens with zero attached hydrogens (tertiary/aromatic N) is 3. The molecule has 2 aromatic rings. The fourth-order valence-corrected chi connectivity index (χ4v) is 3.69. The van der Waals surface area contributed by atoms with Crippen LogP contribution in [0.1, 0.15) is 31.4 Å². The average molecular weight is 396 g/mol. The van der Waals surface area contributed by atoms with Crippen molar-refractivity contribution >= 4 is 17.3 Å². The van der Waals surface area contributed by atoms with Gasteiger partial charge < -0.3 is 10.2 Å². The lowest BCUT2D eigenvalue weighted by Crippen LogP contribution is -2.49. The predicted molar refractivity (Wildman–Crippen MR) is 114 cm³/mol. The van der Waals surface area contributed by atoms with Gasteiger partial charge in [0.1, 0.15) is 0 Å². The lowest BCUT2D eigenvalue weighted by Gasteiger charge is -2.36. The maximum Gasteiger partial charge on any atom is 0.269 e. The number of nitrogens with one attached hydrogen (secondary N) is 1. The number of amides is 1. The van der Waals surface area contributed by atoms with Gasteiger partial charge >= 0.3 is 0 Å². The summed E-state index contributed by atoms with van der Waals surface area (Å²) in [5.74, 6) is 0.0519. The summed E-state index contributed by atoms with van der Waals surface area (Å²) in [5, 5.41) is 14.0. The first-order valence-corrected chi connectivity index (χ1v) is 10.1. The second kappa shape index (κ2) is 10.0. The summed E-state index contributed by atoms with van der Waals surface area (Å²) in [6.45, 7) is 5.67. The fraction of sp³-hybridized carbons (Fsp3) is 0.409. The summed E-state index contributed by atoms with van der Waals surface area (Å²) in [6.07, 6.45) is 1.93. The lowest BCUT2D eigenvalue weighted by molar-refractivity contribution is -0.384. The molecule has 154 valence electrons. The largest absolute Gasteiger partial charge is 0.369 e. The van der Waals surface area contributed by atoms with Crippen molar-refractivity contribution in [1.29, 1.82) is 0 Å². The first kappa shape index (κ1) is 20.8. The van der Waals surface area contributed by atoms with Gasteiger partial charge in [0.15, 0.2) is 0 Å². The fourth-order valence-electron chi connectivity index (χ4n) is 3.69. The van der Waals surface area contributed by atoms with Crippen LogP contribution in [0.15, 0.2) is 54.6 Å². The summed E-state index contributed by atoms with van der Waals surface area (Å²) >= 11 is 0. The lowest BCUT2D eigenvalue weighted by atomic mass is 10.0. The Hall–Kier alpha value is -2.93. The van der Waals surface area contributed by atoms with E-state index in [4.69, 9.17) is 0 Å². The molecule has 0 saturated carbocycles. The van der Waals surface area contributed by atoms with Crippen LogP contribution in [0.5, 0.6) is 0 Å². The number of non-ortho nitro benzene ring substituents is 1. The molecule has 0 spiro atoms. The van der Waals surface area contributed by atoms with Crippen LogP contribution in [-0.4, -0.2) is 48.5 Å². The van der Waals surface area contributed by atoms with Gasteiger partial charge in [0.25, 0.3) is 5.69 Å². The number of nitro benzene ring substituents is 1. The van der Waals surface area contributed by atoms with Crippen molar-refractivity contribution in [2.75, 3.05) is 37.6 Å². The molecule has 1 fully saturated rings. The minimum atomic E-state index is -0.387. The Morgan fingerprint density at radius 3 is 2.31 bits per heavy atom. The van der Waals surface area contributed by atoms with Crippen molar-refractivity contribution in [3.8, 4) is 0 Å². The van der Waals surface area contributed by atoms with Crippen LogP contribution in [0, 0.1) is 10.1 Å². The summed E-state index contributed by atoms with van der Waals surface area (Å²) in [5.41, 5.74) is 2.22. The maximum atomic E-state index is 12.6. The Balaban J connectivity index is 1.49. The van der Waals surface area contributed by atoms with E-state index in [1.165, 1.54) is 12.1 Å². The molecule has 1 aliphatic heterocycles. The molecule has 0 bridgehead atoms. The number of anilines is 1. The van der Waals surface area contributed by atoms with E-state index < -0.39 is 0 Å². The molecule has 1 saturated heterocycles. The number of nitro groups is 1. The number of hydrogen-bond donors (Lipinski definition) is 1. The van der Waals surface area contributed by atoms with E-state index in [-0.39, 0.29) is 22.6 Å². The van der Waals surface area contributed by atoms with Gasteiger partial charge in [-0.25, -0.2) is 0 Å². The van der Waals surface area contributed by atoms with Crippen LogP contribution >= 0.6 is 0 Å². The zero-order valence-corrected chi connectivity index (χ0v) is 16.8. The van der Waals surface area contributed by atoms with Gasteiger partial charge in [-0.1, -0.05) is 43.7 Å². The van der Waals surface area contributed by atoms with E-state index in [0.717, 1.165) is 50.3 Å². The Kier molecular flexibility index (Phi) is 7.19. The molecule has 7 nitrogen and oxygen atoms in total. The van der Waals surface area contributed by atoms with E-state index in [1.807, 2.05) is 18.2 Å². The molecular formula is C22H28N4O3. The third kappa shape index (κ3) is 5.77. The highest BCUT2D eigenvalue weighted by Crippen LogP contribution is 2.21. The first-order chi connectivity index (χ1) is 14.1. The Bertz CT molecular complexity index is 803. The zero-order chi connectivity index (χ0) is 20.6. The molecule has 29 heavy (non-hydrogen) atoms. The number of carbonyl (C=O) groups excluding carboxylic acids is 1. The number of piperazine rings is 1. The van der Waals surface area contributed by atoms with Gasteiger partial charge in [-0.15, -0.1) is 0 Å². The molecule has 7 heteroatoms. The number of carbonyl (C=O) groups is 1. The van der Waals surface area contributed by atoms with E-state index in [9.17, 15) is 14.9 Å². The van der Waals surface area contributed by atoms with Gasteiger partial charge in [-0.3, -0.25) is 19.8 Å². The molecule has 0 aliphatic carbocycles. The van der Waals surface area contributed by atoms with E-state index in [2.05, 4.69) is 34.2 Å². The monoisotopic (exact) mass is 396 g/mol. The van der Waals surface area contributed by atoms with Crippen LogP contribution in [0.3, 0.4) is 0 Å². The SMILES string of the molecule is CCC[C@@H](NC(=O)CN1CCN(c2ccc([N+](=O)[O-])cc2)CC1)c1ccccc1. The summed E-state index contributed by atoms with van der Waals surface area (Å²) < 4.78 is 0. The average Bonchev–Trinajstić information content (AvgIpc) is 2.75. The number of rotatable bonds is 8. The molecule has 1 heterocycles. The summed E-state index contributed by atoms with van der Waals surface area (Å²) in [4.78, 5) is 27.3. The highest BCUT2D eigenvalue weighted by atomic mass is 16.6. The standard InChI is InChI=1S/C22H28N4O3/c1-2-6-21(18-7-4-3-5-8-18)23-22(27)17-24-13-15-25(16-14-24)19-9-11-20(12-10-19)26(28)29/h3-5,7-12,21H,2,6,13-17H2,1H3,(H,23,27)/t21-/m1/s1. The molecule has 1 atom stereocenters. The van der Waals surface area contributed by atoms with Crippen molar-refractivity contribution in [2.24, 2.45) is 0 Å². The normalized spacial score (nSPS) is 15.7. The third-order valence-electron chi connectivity index (χ3n) is 5.28. The Morgan fingerprint density at radius 2 is 1.72 bits per heavy atom. The van der Waals surface area contributed by atoms with Crippen LogP contribution in [0.4, 0.5) is 11.4 Å². The van der Waals surface area contributed by atoms with Crippen LogP contribution in [-0.2, 0) is 4.79 Å². The Labute approximate surface area is 171 Å². The molecule has 2 aromatic carbocycles. The second-order valence-corrected chi connectivity index (χ2v) is 7.36. The highest BCUT2D eigenvalue weighted by molar-refractivity contribution is 5.78. The molecule has 1 amide bonds. The van der Waals surface area contributed by atoms with Gasteiger partial charge in [0, 0.05) is 44.0 Å². The van der Waals surface area contributed by atoms with Gasteiger partial charge in [-0.05, 0) is 24.1 Å². The molecular weight excluding hydrogens is 368 g/mol. The number of hydrogen-bond acceptors (Lipinski definition) is 5. The van der Waals surface area contributed by atoms with Gasteiger partial charge in [0.05, 0.1) is 17.5 Å². The minimum absolute atomic E-state index is 0.0510. The topological polar surface area (TPSA) is 78.7 Å². The molecule has 0 unspecified atom stereocenters. The number of benzene rings is 2. The van der Waals surface area contributed by atoms with E-state index >= 15 is 0 Å². The van der Waals surface area contributed by atoms with Crippen LogP contribution < -0.4 is 10.2 Å². The van der Waals surface area contributed by atoms with Crippen LogP contribution in [0.2, 0.25) is 0 Å². The quantitative estimate of drug-likeness (QED) is 0.547. The van der Waals surface area contributed by atoms with E-state index in [0.29, 0.717) is 6.54 Å². The molecule has 1 N–H and O–H groups in total. The summed E-state index contributed by atoms with van der Waals surface area (Å²) in [6, 6.07) is 16.8. The van der Waals surface area contributed by atoms with Crippen molar-refractivity contribution < 1.29 is 9.72 Å². The molecule has 0 aromatic heterocycles. The minimum Gasteiger partial charge on any atom is -0.369 e. The van der Waals surface area contributed by atoms with Crippen molar-refractivity contribution in [3.05, 3.63) is 70.3 Å². The van der Waals surface area contributed by atoms with Crippen molar-refractivity contribution in [2.45, 2.75) is 25.8 Å². The summed E-state index contributed by atoms with van der Waals surface area (Å²) in [7, 11) is 0. The van der Waals surface area contributed by atoms with Gasteiger partial charge in [-0.2, -0.15) is 0 Å². The zero-order valence-electron chi connectivity index (χ0n) is 16.8. The first-order valence-electron chi connectivity index (χ1n) is 10.1. The molecule has 3 rings (SSSR count). The third-order valence-corrected chi connectivity index (χ3v) is 5.28. The van der Waals surface area contributed by atoms with Crippen molar-refractivity contribution in [1.82, 2.24) is 10.2 Å². The van der Waals surface area contributed by atoms with E-state index in [1.54, 1.807) is 12.1 Å². The van der Waals surface area contributed by atoms with Gasteiger partial charge in [0.2, 0.25) is 5.91 Å².